The number of pyridine rings is 1. The Morgan fingerprint density at radius 1 is 1.24 bits per heavy atom. The van der Waals surface area contributed by atoms with Crippen LogP contribution in [-0.4, -0.2) is 17.6 Å². The van der Waals surface area contributed by atoms with Crippen LogP contribution in [0.5, 0.6) is 0 Å². The minimum Gasteiger partial charge on any atom is -0.313 e. The molecule has 1 atom stereocenters. The van der Waals surface area contributed by atoms with Crippen molar-refractivity contribution in [2.75, 3.05) is 6.54 Å². The van der Waals surface area contributed by atoms with Crippen LogP contribution >= 0.6 is 11.6 Å². The molecule has 0 amide bonds. The highest BCUT2D eigenvalue weighted by Crippen LogP contribution is 2.18. The van der Waals surface area contributed by atoms with Crippen LogP contribution in [0.15, 0.2) is 42.7 Å². The fourth-order valence-corrected chi connectivity index (χ4v) is 2.52. The van der Waals surface area contributed by atoms with Gasteiger partial charge in [0.1, 0.15) is 5.82 Å². The smallest absolute Gasteiger partial charge is 0.141 e. The number of benzene rings is 1. The second kappa shape index (κ2) is 8.11. The average molecular weight is 307 g/mol. The van der Waals surface area contributed by atoms with E-state index >= 15 is 0 Å². The van der Waals surface area contributed by atoms with Gasteiger partial charge in [0.05, 0.1) is 5.02 Å². The van der Waals surface area contributed by atoms with Crippen molar-refractivity contribution in [1.29, 1.82) is 0 Å². The van der Waals surface area contributed by atoms with E-state index in [2.05, 4.69) is 23.3 Å². The monoisotopic (exact) mass is 306 g/mol. The quantitative estimate of drug-likeness (QED) is 0.835. The van der Waals surface area contributed by atoms with Gasteiger partial charge in [-0.2, -0.15) is 0 Å². The number of nitrogens with zero attached hydrogens (tertiary/aromatic N) is 1. The third kappa shape index (κ3) is 5.10. The van der Waals surface area contributed by atoms with E-state index in [1.54, 1.807) is 18.3 Å². The molecule has 0 saturated heterocycles. The van der Waals surface area contributed by atoms with Crippen LogP contribution in [0, 0.1) is 5.82 Å². The van der Waals surface area contributed by atoms with Gasteiger partial charge in [-0.05, 0) is 55.1 Å². The van der Waals surface area contributed by atoms with Crippen LogP contribution in [0.4, 0.5) is 4.39 Å². The Balaban J connectivity index is 2.06. The average Bonchev–Trinajstić information content (AvgIpc) is 2.49. The highest BCUT2D eigenvalue weighted by molar-refractivity contribution is 6.30. The van der Waals surface area contributed by atoms with Crippen molar-refractivity contribution in [2.45, 2.75) is 32.2 Å². The predicted octanol–water partition coefficient (Wildman–Crippen LogP) is 4.03. The van der Waals surface area contributed by atoms with Crippen LogP contribution in [0.25, 0.3) is 0 Å². The van der Waals surface area contributed by atoms with Gasteiger partial charge in [0, 0.05) is 18.4 Å². The Morgan fingerprint density at radius 2 is 2.05 bits per heavy atom. The Hall–Kier alpha value is -1.45. The molecule has 1 unspecified atom stereocenters. The zero-order valence-corrected chi connectivity index (χ0v) is 12.9. The van der Waals surface area contributed by atoms with Crippen molar-refractivity contribution in [1.82, 2.24) is 10.3 Å². The van der Waals surface area contributed by atoms with Crippen molar-refractivity contribution in [3.05, 3.63) is 64.7 Å². The molecular formula is C17H20ClFN2. The topological polar surface area (TPSA) is 24.9 Å². The molecule has 0 spiro atoms. The third-order valence-electron chi connectivity index (χ3n) is 3.35. The normalized spacial score (nSPS) is 12.3. The number of nitrogens with one attached hydrogen (secondary N) is 1. The lowest BCUT2D eigenvalue weighted by atomic mass is 9.99. The summed E-state index contributed by atoms with van der Waals surface area (Å²) in [5, 5.41) is 3.72. The molecule has 4 heteroatoms. The highest BCUT2D eigenvalue weighted by Gasteiger charge is 2.11. The molecule has 0 radical (unpaired) electrons. The fraction of sp³-hybridized carbons (Fsp3) is 0.353. The van der Waals surface area contributed by atoms with Crippen LogP contribution in [0.3, 0.4) is 0 Å². The van der Waals surface area contributed by atoms with Gasteiger partial charge in [-0.25, -0.2) is 4.39 Å². The number of halogens is 2. The van der Waals surface area contributed by atoms with Crippen molar-refractivity contribution in [3.63, 3.8) is 0 Å². The molecule has 1 heterocycles. The van der Waals surface area contributed by atoms with Crippen molar-refractivity contribution >= 4 is 11.6 Å². The molecule has 0 aliphatic carbocycles. The molecule has 1 N–H and O–H groups in total. The van der Waals surface area contributed by atoms with E-state index in [0.29, 0.717) is 0 Å². The summed E-state index contributed by atoms with van der Waals surface area (Å²) in [5.41, 5.74) is 2.23. The van der Waals surface area contributed by atoms with Crippen molar-refractivity contribution in [2.24, 2.45) is 0 Å². The van der Waals surface area contributed by atoms with E-state index in [1.807, 2.05) is 12.3 Å². The summed E-state index contributed by atoms with van der Waals surface area (Å²) in [5.74, 6) is -0.370. The Morgan fingerprint density at radius 3 is 2.71 bits per heavy atom. The van der Waals surface area contributed by atoms with E-state index in [0.717, 1.165) is 31.4 Å². The second-order valence-corrected chi connectivity index (χ2v) is 5.58. The Bertz CT molecular complexity index is 560. The Kier molecular flexibility index (Phi) is 6.15. The lowest BCUT2D eigenvalue weighted by Crippen LogP contribution is -2.33. The van der Waals surface area contributed by atoms with Gasteiger partial charge in [-0.15, -0.1) is 0 Å². The standard InChI is InChI=1S/C17H20ClFN2/c1-2-7-21-15(10-14-4-3-8-20-12-14)9-13-5-6-17(19)16(18)11-13/h3-6,8,11-12,15,21H,2,7,9-10H2,1H3. The van der Waals surface area contributed by atoms with Crippen molar-refractivity contribution < 1.29 is 4.39 Å². The van der Waals surface area contributed by atoms with Crippen LogP contribution in [0.1, 0.15) is 24.5 Å². The summed E-state index contributed by atoms with van der Waals surface area (Å²) in [6, 6.07) is 9.24. The molecular weight excluding hydrogens is 287 g/mol. The maximum absolute atomic E-state index is 13.2. The maximum Gasteiger partial charge on any atom is 0.141 e. The molecule has 112 valence electrons. The van der Waals surface area contributed by atoms with Crippen LogP contribution < -0.4 is 5.32 Å². The molecule has 1 aromatic carbocycles. The van der Waals surface area contributed by atoms with Crippen LogP contribution in [-0.2, 0) is 12.8 Å². The first-order chi connectivity index (χ1) is 10.2. The molecule has 2 rings (SSSR count). The molecule has 0 aliphatic heterocycles. The van der Waals surface area contributed by atoms with Gasteiger partial charge in [0.15, 0.2) is 0 Å². The largest absolute Gasteiger partial charge is 0.313 e. The van der Waals surface area contributed by atoms with E-state index in [1.165, 1.54) is 11.6 Å². The predicted molar refractivity (Wildman–Crippen MR) is 85.1 cm³/mol. The molecule has 1 aromatic heterocycles. The van der Waals surface area contributed by atoms with Gasteiger partial charge in [0.25, 0.3) is 0 Å². The SMILES string of the molecule is CCCNC(Cc1cccnc1)Cc1ccc(F)c(Cl)c1. The molecule has 0 bridgehead atoms. The molecule has 2 aromatic rings. The molecule has 21 heavy (non-hydrogen) atoms. The van der Waals surface area contributed by atoms with Gasteiger partial charge < -0.3 is 5.32 Å². The fourth-order valence-electron chi connectivity index (χ4n) is 2.32. The zero-order valence-electron chi connectivity index (χ0n) is 12.2. The van der Waals surface area contributed by atoms with E-state index in [9.17, 15) is 4.39 Å². The Labute approximate surface area is 130 Å². The second-order valence-electron chi connectivity index (χ2n) is 5.17. The van der Waals surface area contributed by atoms with Gasteiger partial charge >= 0.3 is 0 Å². The van der Waals surface area contributed by atoms with E-state index < -0.39 is 0 Å². The number of hydrogen-bond acceptors (Lipinski definition) is 2. The van der Waals surface area contributed by atoms with Gasteiger partial charge in [0.2, 0.25) is 0 Å². The van der Waals surface area contributed by atoms with E-state index in [-0.39, 0.29) is 16.9 Å². The molecule has 0 aliphatic rings. The first-order valence-electron chi connectivity index (χ1n) is 7.25. The number of aromatic nitrogens is 1. The van der Waals surface area contributed by atoms with Gasteiger partial charge in [-0.3, -0.25) is 4.98 Å². The first-order valence-corrected chi connectivity index (χ1v) is 7.63. The summed E-state index contributed by atoms with van der Waals surface area (Å²) in [7, 11) is 0. The molecule has 0 fully saturated rings. The number of rotatable bonds is 7. The first kappa shape index (κ1) is 15.9. The number of hydrogen-bond donors (Lipinski definition) is 1. The minimum atomic E-state index is -0.370. The molecule has 2 nitrogen and oxygen atoms in total. The summed E-state index contributed by atoms with van der Waals surface area (Å²) < 4.78 is 13.2. The highest BCUT2D eigenvalue weighted by atomic mass is 35.5. The summed E-state index contributed by atoms with van der Waals surface area (Å²) in [6.07, 6.45) is 6.45. The summed E-state index contributed by atoms with van der Waals surface area (Å²) in [6.45, 7) is 3.10. The summed E-state index contributed by atoms with van der Waals surface area (Å²) in [4.78, 5) is 4.15. The maximum atomic E-state index is 13.2. The minimum absolute atomic E-state index is 0.183. The molecule has 0 saturated carbocycles. The van der Waals surface area contributed by atoms with Gasteiger partial charge in [-0.1, -0.05) is 30.7 Å². The lowest BCUT2D eigenvalue weighted by Gasteiger charge is -2.19. The van der Waals surface area contributed by atoms with Crippen molar-refractivity contribution in [3.8, 4) is 0 Å². The third-order valence-corrected chi connectivity index (χ3v) is 3.64. The van der Waals surface area contributed by atoms with E-state index in [4.69, 9.17) is 11.6 Å². The lowest BCUT2D eigenvalue weighted by molar-refractivity contribution is 0.504. The van der Waals surface area contributed by atoms with Crippen LogP contribution in [0.2, 0.25) is 5.02 Å². The zero-order chi connectivity index (χ0) is 15.1. The summed E-state index contributed by atoms with van der Waals surface area (Å²) >= 11 is 5.86.